The minimum Gasteiger partial charge on any atom is -0.494 e. The van der Waals surface area contributed by atoms with Gasteiger partial charge in [-0.25, -0.2) is 14.4 Å². The lowest BCUT2D eigenvalue weighted by Gasteiger charge is -2.11. The summed E-state index contributed by atoms with van der Waals surface area (Å²) in [6.45, 7) is 1.91. The van der Waals surface area contributed by atoms with E-state index in [2.05, 4.69) is 9.97 Å². The molecule has 0 aliphatic rings. The van der Waals surface area contributed by atoms with Crippen molar-refractivity contribution in [2.24, 2.45) is 5.73 Å². The molecule has 0 saturated heterocycles. The van der Waals surface area contributed by atoms with Gasteiger partial charge >= 0.3 is 0 Å². The molecule has 1 aromatic heterocycles. The van der Waals surface area contributed by atoms with E-state index in [1.54, 1.807) is 24.5 Å². The molecule has 0 amide bonds. The highest BCUT2D eigenvalue weighted by atomic mass is 19.1. The van der Waals surface area contributed by atoms with Crippen LogP contribution in [0, 0.1) is 12.7 Å². The summed E-state index contributed by atoms with van der Waals surface area (Å²) in [5.41, 5.74) is 7.78. The van der Waals surface area contributed by atoms with Gasteiger partial charge in [0.15, 0.2) is 11.6 Å². The van der Waals surface area contributed by atoms with E-state index < -0.39 is 5.82 Å². The van der Waals surface area contributed by atoms with Crippen molar-refractivity contribution in [2.75, 3.05) is 7.11 Å². The van der Waals surface area contributed by atoms with E-state index in [0.29, 0.717) is 12.2 Å². The number of ether oxygens (including phenoxy) is 1. The Labute approximate surface area is 111 Å². The van der Waals surface area contributed by atoms with Crippen LogP contribution in [0.15, 0.2) is 30.6 Å². The summed E-state index contributed by atoms with van der Waals surface area (Å²) in [5.74, 6) is 0.391. The van der Waals surface area contributed by atoms with E-state index in [4.69, 9.17) is 10.5 Å². The smallest absolute Gasteiger partial charge is 0.165 e. The van der Waals surface area contributed by atoms with Crippen molar-refractivity contribution in [2.45, 2.75) is 19.4 Å². The van der Waals surface area contributed by atoms with Gasteiger partial charge in [0.2, 0.25) is 0 Å². The van der Waals surface area contributed by atoms with Gasteiger partial charge in [-0.1, -0.05) is 6.07 Å². The van der Waals surface area contributed by atoms with Gasteiger partial charge in [-0.05, 0) is 36.6 Å². The molecular weight excluding hydrogens is 245 g/mol. The molecule has 0 fully saturated rings. The van der Waals surface area contributed by atoms with Crippen LogP contribution in [0.2, 0.25) is 0 Å². The molecule has 0 radical (unpaired) electrons. The predicted molar refractivity (Wildman–Crippen MR) is 70.4 cm³/mol. The van der Waals surface area contributed by atoms with Gasteiger partial charge in [-0.15, -0.1) is 0 Å². The molecule has 2 N–H and O–H groups in total. The average Bonchev–Trinajstić information content (AvgIpc) is 2.39. The van der Waals surface area contributed by atoms with Gasteiger partial charge in [0.25, 0.3) is 0 Å². The molecule has 0 aliphatic carbocycles. The highest BCUT2D eigenvalue weighted by Crippen LogP contribution is 2.20. The largest absolute Gasteiger partial charge is 0.494 e. The Morgan fingerprint density at radius 3 is 2.58 bits per heavy atom. The van der Waals surface area contributed by atoms with Crippen LogP contribution in [0.4, 0.5) is 4.39 Å². The second-order valence-corrected chi connectivity index (χ2v) is 4.40. The van der Waals surface area contributed by atoms with Gasteiger partial charge in [0, 0.05) is 12.4 Å². The second kappa shape index (κ2) is 5.75. The Morgan fingerprint density at radius 1 is 1.32 bits per heavy atom. The number of hydrogen-bond acceptors (Lipinski definition) is 4. The molecule has 1 aromatic carbocycles. The first kappa shape index (κ1) is 13.4. The number of nitrogens with zero attached hydrogens (tertiary/aromatic N) is 2. The fourth-order valence-electron chi connectivity index (χ4n) is 1.78. The minimum atomic E-state index is -0.392. The van der Waals surface area contributed by atoms with E-state index in [1.807, 2.05) is 6.92 Å². The maximum absolute atomic E-state index is 13.6. The molecule has 2 rings (SSSR count). The van der Waals surface area contributed by atoms with Crippen molar-refractivity contribution >= 4 is 0 Å². The first-order chi connectivity index (χ1) is 9.10. The molecule has 100 valence electrons. The molecular formula is C14H16FN3O. The third kappa shape index (κ3) is 3.26. The first-order valence-corrected chi connectivity index (χ1v) is 5.96. The third-order valence-corrected chi connectivity index (χ3v) is 2.80. The molecule has 0 saturated carbocycles. The number of aryl methyl sites for hydroxylation is 1. The lowest BCUT2D eigenvalue weighted by Crippen LogP contribution is -2.16. The standard InChI is InChI=1S/C14H16FN3O/c1-9-7-17-14(18-8-9)12(16)6-10-3-4-13(19-2)11(15)5-10/h3-5,7-8,12H,6,16H2,1-2H3. The van der Waals surface area contributed by atoms with Crippen molar-refractivity contribution in [3.05, 3.63) is 53.4 Å². The van der Waals surface area contributed by atoms with Crippen molar-refractivity contribution in [1.82, 2.24) is 9.97 Å². The quantitative estimate of drug-likeness (QED) is 0.916. The van der Waals surface area contributed by atoms with E-state index >= 15 is 0 Å². The zero-order valence-electron chi connectivity index (χ0n) is 10.9. The number of nitrogens with two attached hydrogens (primary N) is 1. The van der Waals surface area contributed by atoms with Crippen LogP contribution in [0.25, 0.3) is 0 Å². The summed E-state index contributed by atoms with van der Waals surface area (Å²) in [6.07, 6.45) is 3.91. The van der Waals surface area contributed by atoms with Crippen LogP contribution in [0.1, 0.15) is 23.0 Å². The van der Waals surface area contributed by atoms with Crippen molar-refractivity contribution < 1.29 is 9.13 Å². The number of halogens is 1. The summed E-state index contributed by atoms with van der Waals surface area (Å²) in [7, 11) is 1.43. The predicted octanol–water partition coefficient (Wildman–Crippen LogP) is 2.18. The van der Waals surface area contributed by atoms with Crippen LogP contribution in [0.5, 0.6) is 5.75 Å². The molecule has 5 heteroatoms. The molecule has 0 bridgehead atoms. The second-order valence-electron chi connectivity index (χ2n) is 4.40. The molecule has 0 spiro atoms. The monoisotopic (exact) mass is 261 g/mol. The SMILES string of the molecule is COc1ccc(CC(N)c2ncc(C)cn2)cc1F. The van der Waals surface area contributed by atoms with Gasteiger partial charge in [0.1, 0.15) is 5.82 Å². The third-order valence-electron chi connectivity index (χ3n) is 2.80. The maximum atomic E-state index is 13.6. The Kier molecular flexibility index (Phi) is 4.06. The fraction of sp³-hybridized carbons (Fsp3) is 0.286. The summed E-state index contributed by atoms with van der Waals surface area (Å²) < 4.78 is 18.4. The van der Waals surface area contributed by atoms with E-state index in [-0.39, 0.29) is 11.8 Å². The minimum absolute atomic E-state index is 0.226. The lowest BCUT2D eigenvalue weighted by molar-refractivity contribution is 0.386. The highest BCUT2D eigenvalue weighted by Gasteiger charge is 2.11. The van der Waals surface area contributed by atoms with E-state index in [9.17, 15) is 4.39 Å². The molecule has 19 heavy (non-hydrogen) atoms. The van der Waals surface area contributed by atoms with Crippen molar-refractivity contribution in [3.8, 4) is 5.75 Å². The van der Waals surface area contributed by atoms with E-state index in [0.717, 1.165) is 11.1 Å². The van der Waals surface area contributed by atoms with Gasteiger partial charge in [0.05, 0.1) is 13.2 Å². The summed E-state index contributed by atoms with van der Waals surface area (Å²) >= 11 is 0. The van der Waals surface area contributed by atoms with Crippen LogP contribution in [-0.2, 0) is 6.42 Å². The molecule has 0 aliphatic heterocycles. The molecule has 2 aromatic rings. The molecule has 1 unspecified atom stereocenters. The van der Waals surface area contributed by atoms with Crippen molar-refractivity contribution in [1.29, 1.82) is 0 Å². The zero-order chi connectivity index (χ0) is 13.8. The van der Waals surface area contributed by atoms with Crippen molar-refractivity contribution in [3.63, 3.8) is 0 Å². The first-order valence-electron chi connectivity index (χ1n) is 5.96. The number of methoxy groups -OCH3 is 1. The van der Waals surface area contributed by atoms with Gasteiger partial charge in [-0.3, -0.25) is 0 Å². The lowest BCUT2D eigenvalue weighted by atomic mass is 10.1. The Hall–Kier alpha value is -2.01. The highest BCUT2D eigenvalue weighted by molar-refractivity contribution is 5.30. The summed E-state index contributed by atoms with van der Waals surface area (Å²) in [4.78, 5) is 8.35. The normalized spacial score (nSPS) is 12.2. The fourth-order valence-corrected chi connectivity index (χ4v) is 1.78. The van der Waals surface area contributed by atoms with Crippen LogP contribution in [0.3, 0.4) is 0 Å². The average molecular weight is 261 g/mol. The molecule has 1 atom stereocenters. The number of rotatable bonds is 4. The van der Waals surface area contributed by atoms with Gasteiger partial charge < -0.3 is 10.5 Å². The zero-order valence-corrected chi connectivity index (χ0v) is 10.9. The Bertz CT molecular complexity index is 557. The maximum Gasteiger partial charge on any atom is 0.165 e. The van der Waals surface area contributed by atoms with Gasteiger partial charge in [-0.2, -0.15) is 0 Å². The van der Waals surface area contributed by atoms with Crippen LogP contribution < -0.4 is 10.5 Å². The van der Waals surface area contributed by atoms with E-state index in [1.165, 1.54) is 13.2 Å². The number of aromatic nitrogens is 2. The summed E-state index contributed by atoms with van der Waals surface area (Å²) in [5, 5.41) is 0. The van der Waals surface area contributed by atoms with Crippen LogP contribution in [-0.4, -0.2) is 17.1 Å². The van der Waals surface area contributed by atoms with Crippen LogP contribution >= 0.6 is 0 Å². The Balaban J connectivity index is 2.12. The molecule has 1 heterocycles. The number of hydrogen-bond donors (Lipinski definition) is 1. The topological polar surface area (TPSA) is 61.0 Å². The Morgan fingerprint density at radius 2 is 2.00 bits per heavy atom. The summed E-state index contributed by atoms with van der Waals surface area (Å²) in [6, 6.07) is 4.45. The molecule has 4 nitrogen and oxygen atoms in total. The number of benzene rings is 1.